The molecule has 0 spiro atoms. The van der Waals surface area contributed by atoms with Crippen molar-refractivity contribution in [2.24, 2.45) is 5.92 Å². The Morgan fingerprint density at radius 1 is 1.53 bits per heavy atom. The van der Waals surface area contributed by atoms with Crippen molar-refractivity contribution in [2.75, 3.05) is 30.8 Å². The number of hydrogen-bond donors (Lipinski definition) is 2. The summed E-state index contributed by atoms with van der Waals surface area (Å²) in [6.07, 6.45) is 2.61. The number of rotatable bonds is 6. The van der Waals surface area contributed by atoms with Gasteiger partial charge in [0.05, 0.1) is 12.3 Å². The van der Waals surface area contributed by atoms with Crippen molar-refractivity contribution in [2.45, 2.75) is 12.8 Å². The fraction of sp³-hybridized carbons (Fsp3) is 0.500. The number of nitrogens with zero attached hydrogens (tertiary/aromatic N) is 2. The van der Waals surface area contributed by atoms with Crippen molar-refractivity contribution in [3.8, 4) is 6.07 Å². The molecule has 1 aromatic rings. The van der Waals surface area contributed by atoms with Gasteiger partial charge in [0.1, 0.15) is 11.9 Å². The van der Waals surface area contributed by atoms with E-state index in [4.69, 9.17) is 15.7 Å². The van der Waals surface area contributed by atoms with Crippen molar-refractivity contribution >= 4 is 11.5 Å². The second kappa shape index (κ2) is 5.51. The lowest BCUT2D eigenvalue weighted by atomic mass is 10.3. The third kappa shape index (κ3) is 3.61. The Kier molecular flexibility index (Phi) is 3.78. The van der Waals surface area contributed by atoms with Gasteiger partial charge in [-0.3, -0.25) is 0 Å². The highest BCUT2D eigenvalue weighted by molar-refractivity contribution is 5.54. The molecule has 0 saturated heterocycles. The number of nitrogen functional groups attached to an aromatic ring is 1. The van der Waals surface area contributed by atoms with Crippen LogP contribution < -0.4 is 11.1 Å². The monoisotopic (exact) mass is 232 g/mol. The lowest BCUT2D eigenvalue weighted by Crippen LogP contribution is -2.12. The molecule has 5 heteroatoms. The summed E-state index contributed by atoms with van der Waals surface area (Å²) in [5.41, 5.74) is 6.24. The second-order valence-corrected chi connectivity index (χ2v) is 4.19. The highest BCUT2D eigenvalue weighted by atomic mass is 16.5. The van der Waals surface area contributed by atoms with Crippen LogP contribution in [0.3, 0.4) is 0 Å². The lowest BCUT2D eigenvalue weighted by Gasteiger charge is -2.07. The fourth-order valence-electron chi connectivity index (χ4n) is 1.44. The molecule has 1 saturated carbocycles. The highest BCUT2D eigenvalue weighted by Gasteiger charge is 2.20. The van der Waals surface area contributed by atoms with Gasteiger partial charge >= 0.3 is 0 Å². The average Bonchev–Trinajstić information content (AvgIpc) is 3.15. The lowest BCUT2D eigenvalue weighted by molar-refractivity contribution is 0.134. The maximum absolute atomic E-state index is 8.78. The first-order chi connectivity index (χ1) is 8.29. The Labute approximate surface area is 101 Å². The van der Waals surface area contributed by atoms with Crippen LogP contribution in [0.25, 0.3) is 0 Å². The number of hydrogen-bond acceptors (Lipinski definition) is 5. The fourth-order valence-corrected chi connectivity index (χ4v) is 1.44. The summed E-state index contributed by atoms with van der Waals surface area (Å²) in [6, 6.07) is 5.39. The largest absolute Gasteiger partial charge is 0.396 e. The van der Waals surface area contributed by atoms with E-state index in [0.717, 1.165) is 12.5 Å². The van der Waals surface area contributed by atoms with Crippen LogP contribution in [0.4, 0.5) is 11.5 Å². The first-order valence-corrected chi connectivity index (χ1v) is 5.78. The Bertz CT molecular complexity index is 423. The summed E-state index contributed by atoms with van der Waals surface area (Å²) in [6.45, 7) is 2.21. The Morgan fingerprint density at radius 2 is 2.35 bits per heavy atom. The number of nitrogens with one attached hydrogen (secondary N) is 1. The summed E-state index contributed by atoms with van der Waals surface area (Å²) < 4.78 is 5.48. The number of pyridine rings is 1. The Balaban J connectivity index is 1.72. The molecule has 5 nitrogen and oxygen atoms in total. The molecule has 0 atom stereocenters. The smallest absolute Gasteiger partial charge is 0.165 e. The molecule has 17 heavy (non-hydrogen) atoms. The van der Waals surface area contributed by atoms with Crippen LogP contribution in [-0.2, 0) is 4.74 Å². The van der Waals surface area contributed by atoms with Crippen LogP contribution >= 0.6 is 0 Å². The first kappa shape index (κ1) is 11.7. The van der Waals surface area contributed by atoms with E-state index in [0.29, 0.717) is 24.7 Å². The SMILES string of the molecule is N#Cc1nc(NCCOCC2CC2)ccc1N. The third-order valence-electron chi connectivity index (χ3n) is 2.64. The van der Waals surface area contributed by atoms with E-state index in [-0.39, 0.29) is 5.69 Å². The molecular formula is C12H16N4O. The predicted molar refractivity (Wildman–Crippen MR) is 65.4 cm³/mol. The standard InChI is InChI=1S/C12H16N4O/c13-7-11-10(14)3-4-12(16-11)15-5-6-17-8-9-1-2-9/h3-4,9H,1-2,5-6,8,14H2,(H,15,16). The topological polar surface area (TPSA) is 84.0 Å². The van der Waals surface area contributed by atoms with Gasteiger partial charge in [0.25, 0.3) is 0 Å². The summed E-state index contributed by atoms with van der Waals surface area (Å²) in [5, 5.41) is 11.9. The van der Waals surface area contributed by atoms with E-state index in [2.05, 4.69) is 10.3 Å². The molecule has 0 bridgehead atoms. The molecule has 0 aromatic carbocycles. The van der Waals surface area contributed by atoms with Crippen molar-refractivity contribution < 1.29 is 4.74 Å². The van der Waals surface area contributed by atoms with Crippen LogP contribution in [0.15, 0.2) is 12.1 Å². The number of nitrogens with two attached hydrogens (primary N) is 1. The number of nitriles is 1. The van der Waals surface area contributed by atoms with E-state index < -0.39 is 0 Å². The van der Waals surface area contributed by atoms with E-state index >= 15 is 0 Å². The van der Waals surface area contributed by atoms with E-state index in [9.17, 15) is 0 Å². The predicted octanol–water partition coefficient (Wildman–Crippen LogP) is 1.37. The molecule has 3 N–H and O–H groups in total. The van der Waals surface area contributed by atoms with Gasteiger partial charge in [-0.05, 0) is 30.9 Å². The summed E-state index contributed by atoms with van der Waals surface area (Å²) >= 11 is 0. The second-order valence-electron chi connectivity index (χ2n) is 4.19. The van der Waals surface area contributed by atoms with Crippen molar-refractivity contribution in [3.63, 3.8) is 0 Å². The summed E-state index contributed by atoms with van der Waals surface area (Å²) in [7, 11) is 0. The molecule has 1 heterocycles. The minimum atomic E-state index is 0.258. The Hall–Kier alpha value is -1.80. The maximum Gasteiger partial charge on any atom is 0.165 e. The molecular weight excluding hydrogens is 216 g/mol. The van der Waals surface area contributed by atoms with Gasteiger partial charge < -0.3 is 15.8 Å². The minimum absolute atomic E-state index is 0.258. The molecule has 2 rings (SSSR count). The zero-order valence-corrected chi connectivity index (χ0v) is 9.65. The highest BCUT2D eigenvalue weighted by Crippen LogP contribution is 2.28. The molecule has 1 aromatic heterocycles. The first-order valence-electron chi connectivity index (χ1n) is 5.78. The maximum atomic E-state index is 8.78. The van der Waals surface area contributed by atoms with Gasteiger partial charge in [-0.1, -0.05) is 0 Å². The molecule has 1 aliphatic carbocycles. The third-order valence-corrected chi connectivity index (χ3v) is 2.64. The molecule has 1 fully saturated rings. The van der Waals surface area contributed by atoms with Crippen LogP contribution in [0.5, 0.6) is 0 Å². The van der Waals surface area contributed by atoms with Gasteiger partial charge in [0.2, 0.25) is 0 Å². The quantitative estimate of drug-likeness (QED) is 0.724. The van der Waals surface area contributed by atoms with Gasteiger partial charge in [-0.25, -0.2) is 4.98 Å². The zero-order chi connectivity index (χ0) is 12.1. The molecule has 0 unspecified atom stereocenters. The van der Waals surface area contributed by atoms with Crippen LogP contribution in [0, 0.1) is 17.2 Å². The van der Waals surface area contributed by atoms with Crippen molar-refractivity contribution in [1.29, 1.82) is 5.26 Å². The van der Waals surface area contributed by atoms with Gasteiger partial charge in [0, 0.05) is 13.2 Å². The van der Waals surface area contributed by atoms with E-state index in [1.165, 1.54) is 12.8 Å². The van der Waals surface area contributed by atoms with E-state index in [1.54, 1.807) is 12.1 Å². The molecule has 90 valence electrons. The zero-order valence-electron chi connectivity index (χ0n) is 9.65. The summed E-state index contributed by atoms with van der Waals surface area (Å²) in [4.78, 5) is 4.08. The van der Waals surface area contributed by atoms with Gasteiger partial charge in [-0.2, -0.15) is 5.26 Å². The van der Waals surface area contributed by atoms with Crippen molar-refractivity contribution in [1.82, 2.24) is 4.98 Å². The number of anilines is 2. The molecule has 0 amide bonds. The number of ether oxygens (including phenoxy) is 1. The Morgan fingerprint density at radius 3 is 3.06 bits per heavy atom. The molecule has 1 aliphatic rings. The minimum Gasteiger partial charge on any atom is -0.396 e. The van der Waals surface area contributed by atoms with E-state index in [1.807, 2.05) is 6.07 Å². The average molecular weight is 232 g/mol. The molecule has 0 aliphatic heterocycles. The normalized spacial score (nSPS) is 14.3. The van der Waals surface area contributed by atoms with Crippen LogP contribution in [0.2, 0.25) is 0 Å². The van der Waals surface area contributed by atoms with Gasteiger partial charge in [0.15, 0.2) is 5.69 Å². The number of aromatic nitrogens is 1. The molecule has 0 radical (unpaired) electrons. The van der Waals surface area contributed by atoms with Crippen molar-refractivity contribution in [3.05, 3.63) is 17.8 Å². The van der Waals surface area contributed by atoms with Crippen LogP contribution in [0.1, 0.15) is 18.5 Å². The van der Waals surface area contributed by atoms with Gasteiger partial charge in [-0.15, -0.1) is 0 Å². The summed E-state index contributed by atoms with van der Waals surface area (Å²) in [5.74, 6) is 1.45. The van der Waals surface area contributed by atoms with Crippen LogP contribution in [-0.4, -0.2) is 24.7 Å².